The summed E-state index contributed by atoms with van der Waals surface area (Å²) in [5.74, 6) is -0.718. The van der Waals surface area contributed by atoms with Crippen molar-refractivity contribution in [1.29, 1.82) is 0 Å². The SMILES string of the molecule is CCNC(=O)CCCC(=O)N1C[C@@H]2CCC[C@@]2(C(=O)O)C1. The Bertz CT molecular complexity index is 437. The second kappa shape index (κ2) is 6.45. The molecule has 2 aliphatic rings. The first-order chi connectivity index (χ1) is 9.99. The zero-order valence-corrected chi connectivity index (χ0v) is 12.6. The molecule has 1 heterocycles. The molecule has 0 aromatic carbocycles. The molecule has 0 unspecified atom stereocenters. The molecular formula is C15H24N2O4. The van der Waals surface area contributed by atoms with Gasteiger partial charge in [-0.1, -0.05) is 6.42 Å². The minimum absolute atomic E-state index is 0.0191. The van der Waals surface area contributed by atoms with Crippen molar-refractivity contribution in [3.05, 3.63) is 0 Å². The maximum absolute atomic E-state index is 12.2. The molecule has 21 heavy (non-hydrogen) atoms. The number of carbonyl (C=O) groups excluding carboxylic acids is 2. The second-order valence-electron chi connectivity index (χ2n) is 6.13. The third kappa shape index (κ3) is 3.19. The number of carbonyl (C=O) groups is 3. The van der Waals surface area contributed by atoms with E-state index in [1.54, 1.807) is 4.90 Å². The van der Waals surface area contributed by atoms with Gasteiger partial charge in [-0.3, -0.25) is 14.4 Å². The molecule has 0 spiro atoms. The number of hydrogen-bond donors (Lipinski definition) is 2. The number of nitrogens with one attached hydrogen (secondary N) is 1. The maximum Gasteiger partial charge on any atom is 0.311 e. The van der Waals surface area contributed by atoms with E-state index in [0.29, 0.717) is 45.3 Å². The van der Waals surface area contributed by atoms with E-state index in [1.807, 2.05) is 6.92 Å². The van der Waals surface area contributed by atoms with E-state index in [0.717, 1.165) is 12.8 Å². The molecule has 2 atom stereocenters. The highest BCUT2D eigenvalue weighted by molar-refractivity contribution is 5.82. The van der Waals surface area contributed by atoms with Crippen molar-refractivity contribution in [2.75, 3.05) is 19.6 Å². The average molecular weight is 296 g/mol. The molecule has 1 saturated carbocycles. The molecule has 1 aliphatic heterocycles. The number of nitrogens with zero attached hydrogens (tertiary/aromatic N) is 1. The van der Waals surface area contributed by atoms with E-state index in [1.165, 1.54) is 0 Å². The largest absolute Gasteiger partial charge is 0.481 e. The number of rotatable bonds is 6. The van der Waals surface area contributed by atoms with Gasteiger partial charge in [0.1, 0.15) is 0 Å². The number of amides is 2. The molecule has 2 rings (SSSR count). The Hall–Kier alpha value is -1.59. The average Bonchev–Trinajstić information content (AvgIpc) is 2.96. The van der Waals surface area contributed by atoms with Crippen LogP contribution >= 0.6 is 0 Å². The lowest BCUT2D eigenvalue weighted by atomic mass is 9.81. The van der Waals surface area contributed by atoms with Gasteiger partial charge in [-0.15, -0.1) is 0 Å². The van der Waals surface area contributed by atoms with Crippen LogP contribution in [-0.4, -0.2) is 47.4 Å². The van der Waals surface area contributed by atoms with Gasteiger partial charge >= 0.3 is 5.97 Å². The topological polar surface area (TPSA) is 86.7 Å². The summed E-state index contributed by atoms with van der Waals surface area (Å²) in [5, 5.41) is 12.2. The number of fused-ring (bicyclic) bond motifs is 1. The highest BCUT2D eigenvalue weighted by Gasteiger charge is 2.55. The Morgan fingerprint density at radius 2 is 2.10 bits per heavy atom. The van der Waals surface area contributed by atoms with Crippen molar-refractivity contribution in [3.63, 3.8) is 0 Å². The predicted octanol–water partition coefficient (Wildman–Crippen LogP) is 1.01. The summed E-state index contributed by atoms with van der Waals surface area (Å²) in [6, 6.07) is 0. The fourth-order valence-corrected chi connectivity index (χ4v) is 3.67. The minimum atomic E-state index is -0.761. The number of likely N-dealkylation sites (tertiary alicyclic amines) is 1. The molecule has 118 valence electrons. The van der Waals surface area contributed by atoms with Crippen molar-refractivity contribution in [3.8, 4) is 0 Å². The van der Waals surface area contributed by atoms with Crippen LogP contribution in [0.15, 0.2) is 0 Å². The van der Waals surface area contributed by atoms with Gasteiger partial charge < -0.3 is 15.3 Å². The van der Waals surface area contributed by atoms with Crippen molar-refractivity contribution >= 4 is 17.8 Å². The van der Waals surface area contributed by atoms with Crippen LogP contribution in [0.3, 0.4) is 0 Å². The Morgan fingerprint density at radius 3 is 2.71 bits per heavy atom. The predicted molar refractivity (Wildman–Crippen MR) is 76.5 cm³/mol. The number of hydrogen-bond acceptors (Lipinski definition) is 3. The molecule has 6 heteroatoms. The highest BCUT2D eigenvalue weighted by atomic mass is 16.4. The molecule has 6 nitrogen and oxygen atoms in total. The van der Waals surface area contributed by atoms with Crippen LogP contribution in [-0.2, 0) is 14.4 Å². The molecule has 1 aliphatic carbocycles. The van der Waals surface area contributed by atoms with E-state index in [2.05, 4.69) is 5.32 Å². The Kier molecular flexibility index (Phi) is 4.85. The van der Waals surface area contributed by atoms with Gasteiger partial charge in [0.05, 0.1) is 5.41 Å². The van der Waals surface area contributed by atoms with E-state index in [4.69, 9.17) is 0 Å². The van der Waals surface area contributed by atoms with E-state index in [-0.39, 0.29) is 17.7 Å². The van der Waals surface area contributed by atoms with Gasteiger partial charge in [-0.2, -0.15) is 0 Å². The highest BCUT2D eigenvalue weighted by Crippen LogP contribution is 2.48. The minimum Gasteiger partial charge on any atom is -0.481 e. The van der Waals surface area contributed by atoms with Gasteiger partial charge in [0.25, 0.3) is 0 Å². The first-order valence-corrected chi connectivity index (χ1v) is 7.77. The van der Waals surface area contributed by atoms with Crippen LogP contribution in [0.2, 0.25) is 0 Å². The first-order valence-electron chi connectivity index (χ1n) is 7.77. The maximum atomic E-state index is 12.2. The number of carboxylic acids is 1. The number of carboxylic acid groups (broad SMARTS) is 1. The summed E-state index contributed by atoms with van der Waals surface area (Å²) in [6.45, 7) is 3.36. The normalized spacial score (nSPS) is 27.5. The van der Waals surface area contributed by atoms with Gasteiger partial charge in [0, 0.05) is 32.5 Å². The van der Waals surface area contributed by atoms with Crippen LogP contribution in [0, 0.1) is 11.3 Å². The van der Waals surface area contributed by atoms with Gasteiger partial charge in [-0.05, 0) is 32.1 Å². The lowest BCUT2D eigenvalue weighted by Gasteiger charge is -2.23. The zero-order chi connectivity index (χ0) is 15.5. The molecule has 2 amide bonds. The molecule has 0 aromatic heterocycles. The van der Waals surface area contributed by atoms with Crippen LogP contribution < -0.4 is 5.32 Å². The van der Waals surface area contributed by atoms with Crippen LogP contribution in [0.1, 0.15) is 45.4 Å². The van der Waals surface area contributed by atoms with Gasteiger partial charge in [-0.25, -0.2) is 0 Å². The molecule has 2 fully saturated rings. The van der Waals surface area contributed by atoms with Crippen molar-refractivity contribution in [1.82, 2.24) is 10.2 Å². The van der Waals surface area contributed by atoms with Crippen LogP contribution in [0.25, 0.3) is 0 Å². The Balaban J connectivity index is 1.82. The van der Waals surface area contributed by atoms with Crippen molar-refractivity contribution < 1.29 is 19.5 Å². The van der Waals surface area contributed by atoms with E-state index in [9.17, 15) is 19.5 Å². The quantitative estimate of drug-likeness (QED) is 0.765. The molecule has 0 bridgehead atoms. The Morgan fingerprint density at radius 1 is 1.33 bits per heavy atom. The van der Waals surface area contributed by atoms with E-state index >= 15 is 0 Å². The summed E-state index contributed by atoms with van der Waals surface area (Å²) >= 11 is 0. The first kappa shape index (κ1) is 15.8. The molecule has 0 radical (unpaired) electrons. The Labute approximate surface area is 124 Å². The van der Waals surface area contributed by atoms with Gasteiger partial charge in [0.15, 0.2) is 0 Å². The number of aliphatic carboxylic acids is 1. The molecule has 2 N–H and O–H groups in total. The standard InChI is InChI=1S/C15H24N2O4/c1-2-16-12(18)6-3-7-13(19)17-9-11-5-4-8-15(11,10-17)14(20)21/h11H,2-10H2,1H3,(H,16,18)(H,20,21)/t11-,15+/m0/s1. The fraction of sp³-hybridized carbons (Fsp3) is 0.800. The van der Waals surface area contributed by atoms with Crippen LogP contribution in [0.5, 0.6) is 0 Å². The van der Waals surface area contributed by atoms with Gasteiger partial charge in [0.2, 0.25) is 11.8 Å². The summed E-state index contributed by atoms with van der Waals surface area (Å²) in [5.41, 5.74) is -0.713. The lowest BCUT2D eigenvalue weighted by Crippen LogP contribution is -2.37. The van der Waals surface area contributed by atoms with E-state index < -0.39 is 11.4 Å². The summed E-state index contributed by atoms with van der Waals surface area (Å²) in [7, 11) is 0. The summed E-state index contributed by atoms with van der Waals surface area (Å²) in [6.07, 6.45) is 3.70. The monoisotopic (exact) mass is 296 g/mol. The smallest absolute Gasteiger partial charge is 0.311 e. The zero-order valence-electron chi connectivity index (χ0n) is 12.6. The van der Waals surface area contributed by atoms with Crippen molar-refractivity contribution in [2.45, 2.75) is 45.4 Å². The fourth-order valence-electron chi connectivity index (χ4n) is 3.67. The lowest BCUT2D eigenvalue weighted by molar-refractivity contribution is -0.149. The van der Waals surface area contributed by atoms with Crippen molar-refractivity contribution in [2.24, 2.45) is 11.3 Å². The summed E-state index contributed by atoms with van der Waals surface area (Å²) < 4.78 is 0. The second-order valence-corrected chi connectivity index (χ2v) is 6.13. The molecule has 0 aromatic rings. The molecular weight excluding hydrogens is 272 g/mol. The third-order valence-corrected chi connectivity index (χ3v) is 4.82. The summed E-state index contributed by atoms with van der Waals surface area (Å²) in [4.78, 5) is 36.8. The van der Waals surface area contributed by atoms with Crippen LogP contribution in [0.4, 0.5) is 0 Å². The third-order valence-electron chi connectivity index (χ3n) is 4.82. The molecule has 1 saturated heterocycles.